The summed E-state index contributed by atoms with van der Waals surface area (Å²) in [7, 11) is 1.82. The molecule has 0 saturated carbocycles. The van der Waals surface area contributed by atoms with E-state index in [2.05, 4.69) is 49.2 Å². The number of nitrogens with one attached hydrogen (secondary N) is 2. The van der Waals surface area contributed by atoms with E-state index in [1.807, 2.05) is 13.1 Å². The van der Waals surface area contributed by atoms with Gasteiger partial charge < -0.3 is 15.5 Å². The number of guanidine groups is 1. The summed E-state index contributed by atoms with van der Waals surface area (Å²) in [4.78, 5) is 17.7. The van der Waals surface area contributed by atoms with E-state index in [1.165, 1.54) is 0 Å². The minimum Gasteiger partial charge on any atom is -0.356 e. The molecule has 0 unspecified atom stereocenters. The molecule has 134 valence electrons. The van der Waals surface area contributed by atoms with Crippen molar-refractivity contribution >= 4 is 11.9 Å². The van der Waals surface area contributed by atoms with Gasteiger partial charge in [-0.2, -0.15) is 0 Å². The van der Waals surface area contributed by atoms with Gasteiger partial charge in [-0.15, -0.1) is 0 Å². The van der Waals surface area contributed by atoms with Gasteiger partial charge in [-0.05, 0) is 24.9 Å². The van der Waals surface area contributed by atoms with Crippen LogP contribution in [0.25, 0.3) is 0 Å². The first kappa shape index (κ1) is 18.4. The van der Waals surface area contributed by atoms with E-state index in [4.69, 9.17) is 0 Å². The summed E-state index contributed by atoms with van der Waals surface area (Å²) in [5, 5.41) is 6.72. The molecule has 0 bridgehead atoms. The van der Waals surface area contributed by atoms with Crippen LogP contribution < -0.4 is 15.5 Å². The van der Waals surface area contributed by atoms with Crippen LogP contribution in [-0.2, 0) is 0 Å². The van der Waals surface area contributed by atoms with Crippen LogP contribution in [0.1, 0.15) is 20.3 Å². The fourth-order valence-corrected chi connectivity index (χ4v) is 2.66. The van der Waals surface area contributed by atoms with Gasteiger partial charge in [-0.1, -0.05) is 13.8 Å². The molecular formula is C17H31N7. The van der Waals surface area contributed by atoms with E-state index in [-0.39, 0.29) is 0 Å². The Bertz CT molecular complexity index is 481. The maximum Gasteiger partial charge on any atom is 0.225 e. The predicted molar refractivity (Wildman–Crippen MR) is 99.5 cm³/mol. The second-order valence-electron chi connectivity index (χ2n) is 6.50. The second-order valence-corrected chi connectivity index (χ2v) is 6.50. The largest absolute Gasteiger partial charge is 0.356 e. The SMILES string of the molecule is CN=C(NCCCN1CCN(c2ncccn2)CC1)NCC(C)C. The summed E-state index contributed by atoms with van der Waals surface area (Å²) in [6, 6.07) is 1.86. The number of aromatic nitrogens is 2. The zero-order chi connectivity index (χ0) is 17.2. The van der Waals surface area contributed by atoms with Crippen LogP contribution in [0.5, 0.6) is 0 Å². The van der Waals surface area contributed by atoms with Crippen molar-refractivity contribution in [3.05, 3.63) is 18.5 Å². The maximum atomic E-state index is 4.33. The molecule has 1 aliphatic rings. The maximum absolute atomic E-state index is 4.33. The fourth-order valence-electron chi connectivity index (χ4n) is 2.66. The van der Waals surface area contributed by atoms with E-state index in [0.29, 0.717) is 5.92 Å². The molecule has 0 spiro atoms. The van der Waals surface area contributed by atoms with Crippen molar-refractivity contribution in [1.82, 2.24) is 25.5 Å². The molecule has 1 fully saturated rings. The van der Waals surface area contributed by atoms with Crippen molar-refractivity contribution < 1.29 is 0 Å². The summed E-state index contributed by atoms with van der Waals surface area (Å²) in [5.74, 6) is 2.36. The van der Waals surface area contributed by atoms with Crippen molar-refractivity contribution in [3.8, 4) is 0 Å². The van der Waals surface area contributed by atoms with E-state index >= 15 is 0 Å². The lowest BCUT2D eigenvalue weighted by Crippen LogP contribution is -2.47. The van der Waals surface area contributed by atoms with Crippen molar-refractivity contribution in [2.24, 2.45) is 10.9 Å². The molecule has 2 N–H and O–H groups in total. The minimum atomic E-state index is 0.619. The molecular weight excluding hydrogens is 302 g/mol. The van der Waals surface area contributed by atoms with Crippen molar-refractivity contribution in [2.75, 3.05) is 57.8 Å². The second kappa shape index (κ2) is 10.1. The molecule has 1 saturated heterocycles. The Labute approximate surface area is 145 Å². The quantitative estimate of drug-likeness (QED) is 0.437. The Balaban J connectivity index is 1.59. The highest BCUT2D eigenvalue weighted by Crippen LogP contribution is 2.09. The monoisotopic (exact) mass is 333 g/mol. The van der Waals surface area contributed by atoms with Gasteiger partial charge >= 0.3 is 0 Å². The van der Waals surface area contributed by atoms with Gasteiger partial charge in [0, 0.05) is 58.7 Å². The molecule has 24 heavy (non-hydrogen) atoms. The van der Waals surface area contributed by atoms with E-state index in [1.54, 1.807) is 12.4 Å². The molecule has 7 heteroatoms. The first-order chi connectivity index (χ1) is 11.7. The zero-order valence-electron chi connectivity index (χ0n) is 15.2. The molecule has 0 aliphatic carbocycles. The van der Waals surface area contributed by atoms with Crippen molar-refractivity contribution in [2.45, 2.75) is 20.3 Å². The van der Waals surface area contributed by atoms with Crippen LogP contribution in [0.2, 0.25) is 0 Å². The fraction of sp³-hybridized carbons (Fsp3) is 0.706. The normalized spacial score (nSPS) is 16.5. The van der Waals surface area contributed by atoms with E-state index in [9.17, 15) is 0 Å². The van der Waals surface area contributed by atoms with Gasteiger partial charge in [0.25, 0.3) is 0 Å². The predicted octanol–water partition coefficient (Wildman–Crippen LogP) is 0.810. The molecule has 1 aromatic rings. The number of piperazine rings is 1. The highest BCUT2D eigenvalue weighted by molar-refractivity contribution is 5.79. The molecule has 1 aliphatic heterocycles. The molecule has 0 radical (unpaired) electrons. The minimum absolute atomic E-state index is 0.619. The molecule has 1 aromatic heterocycles. The lowest BCUT2D eigenvalue weighted by Gasteiger charge is -2.34. The van der Waals surface area contributed by atoms with Gasteiger partial charge in [0.1, 0.15) is 0 Å². The van der Waals surface area contributed by atoms with Gasteiger partial charge in [0.2, 0.25) is 5.95 Å². The lowest BCUT2D eigenvalue weighted by molar-refractivity contribution is 0.254. The first-order valence-electron chi connectivity index (χ1n) is 8.88. The number of hydrogen-bond acceptors (Lipinski definition) is 5. The lowest BCUT2D eigenvalue weighted by atomic mass is 10.2. The Kier molecular flexibility index (Phi) is 7.74. The smallest absolute Gasteiger partial charge is 0.225 e. The summed E-state index contributed by atoms with van der Waals surface area (Å²) in [6.45, 7) is 11.5. The van der Waals surface area contributed by atoms with Gasteiger partial charge in [-0.25, -0.2) is 9.97 Å². The molecule has 0 amide bonds. The highest BCUT2D eigenvalue weighted by atomic mass is 15.3. The number of aliphatic imine (C=N–C) groups is 1. The Morgan fingerprint density at radius 1 is 1.17 bits per heavy atom. The number of anilines is 1. The summed E-state index contributed by atoms with van der Waals surface area (Å²) in [5.41, 5.74) is 0. The Morgan fingerprint density at radius 3 is 2.50 bits per heavy atom. The third-order valence-corrected chi connectivity index (χ3v) is 4.05. The summed E-state index contributed by atoms with van der Waals surface area (Å²) in [6.07, 6.45) is 4.73. The average Bonchev–Trinajstić information content (AvgIpc) is 2.62. The first-order valence-corrected chi connectivity index (χ1v) is 8.88. The standard InChI is InChI=1S/C17H31N7/c1-15(2)14-22-16(18-3)19-8-5-9-23-10-12-24(13-11-23)17-20-6-4-7-21-17/h4,6-7,15H,5,8-14H2,1-3H3,(H2,18,19,22). The van der Waals surface area contributed by atoms with E-state index < -0.39 is 0 Å². The molecule has 0 aromatic carbocycles. The number of nitrogens with zero attached hydrogens (tertiary/aromatic N) is 5. The van der Waals surface area contributed by atoms with Crippen LogP contribution in [0.3, 0.4) is 0 Å². The topological polar surface area (TPSA) is 68.7 Å². The van der Waals surface area contributed by atoms with Crippen LogP contribution in [0.15, 0.2) is 23.5 Å². The van der Waals surface area contributed by atoms with Gasteiger partial charge in [-0.3, -0.25) is 9.89 Å². The third kappa shape index (κ3) is 6.31. The van der Waals surface area contributed by atoms with E-state index in [0.717, 1.165) is 64.1 Å². The van der Waals surface area contributed by atoms with Crippen LogP contribution in [0.4, 0.5) is 5.95 Å². The van der Waals surface area contributed by atoms with Crippen LogP contribution in [-0.4, -0.2) is 73.7 Å². The molecule has 0 atom stereocenters. The Morgan fingerprint density at radius 2 is 1.88 bits per heavy atom. The van der Waals surface area contributed by atoms with Crippen LogP contribution >= 0.6 is 0 Å². The van der Waals surface area contributed by atoms with Crippen LogP contribution in [0, 0.1) is 5.92 Å². The molecule has 7 nitrogen and oxygen atoms in total. The van der Waals surface area contributed by atoms with Gasteiger partial charge in [0.15, 0.2) is 5.96 Å². The molecule has 2 rings (SSSR count). The van der Waals surface area contributed by atoms with Crippen molar-refractivity contribution in [3.63, 3.8) is 0 Å². The summed E-state index contributed by atoms with van der Waals surface area (Å²) < 4.78 is 0. The van der Waals surface area contributed by atoms with Crippen molar-refractivity contribution in [1.29, 1.82) is 0 Å². The number of hydrogen-bond donors (Lipinski definition) is 2. The highest BCUT2D eigenvalue weighted by Gasteiger charge is 2.18. The number of rotatable bonds is 7. The average molecular weight is 333 g/mol. The summed E-state index contributed by atoms with van der Waals surface area (Å²) >= 11 is 0. The molecule has 2 heterocycles. The van der Waals surface area contributed by atoms with Gasteiger partial charge in [0.05, 0.1) is 0 Å². The third-order valence-electron chi connectivity index (χ3n) is 4.05. The zero-order valence-corrected chi connectivity index (χ0v) is 15.2. The Hall–Kier alpha value is -1.89.